The summed E-state index contributed by atoms with van der Waals surface area (Å²) in [5.41, 5.74) is 13.0. The van der Waals surface area contributed by atoms with E-state index >= 15 is 0 Å². The van der Waals surface area contributed by atoms with Gasteiger partial charge in [-0.25, -0.2) is 4.68 Å². The molecule has 10 nitrogen and oxygen atoms in total. The SMILES string of the molecule is Cc1ccc(-c2nnc(-c3cc(-c4cnc5cccc(-c6nnc(-c7ccccc7Cl)s6)c5c4)cc4ncc(-c5cccc(-n6cc(-c7nnc(-c8ccccc8Cl)s7)cn6)c5)cc34)s2)cc1. The maximum atomic E-state index is 6.55. The Balaban J connectivity index is 0.929. The molecule has 0 bridgehead atoms. The van der Waals surface area contributed by atoms with Gasteiger partial charge in [-0.3, -0.25) is 9.97 Å². The Morgan fingerprint density at radius 2 is 0.955 bits per heavy atom. The maximum Gasteiger partial charge on any atom is 0.151 e. The number of pyridine rings is 2. The summed E-state index contributed by atoms with van der Waals surface area (Å²) in [6.45, 7) is 2.08. The number of halogens is 2. The van der Waals surface area contributed by atoms with E-state index in [1.165, 1.54) is 28.2 Å². The van der Waals surface area contributed by atoms with Crippen molar-refractivity contribution in [3.05, 3.63) is 180 Å². The van der Waals surface area contributed by atoms with Crippen LogP contribution in [0.4, 0.5) is 0 Å². The highest BCUT2D eigenvalue weighted by atomic mass is 35.5. The summed E-state index contributed by atoms with van der Waals surface area (Å²) in [5, 5.41) is 40.0. The summed E-state index contributed by atoms with van der Waals surface area (Å²) in [4.78, 5) is 10.1. The van der Waals surface area contributed by atoms with Crippen LogP contribution >= 0.6 is 57.2 Å². The van der Waals surface area contributed by atoms with Crippen LogP contribution in [0.5, 0.6) is 0 Å². The van der Waals surface area contributed by atoms with Crippen LogP contribution in [0.25, 0.3) is 113 Å². The molecule has 6 aromatic carbocycles. The first-order valence-electron chi connectivity index (χ1n) is 21.0. The molecule has 6 heterocycles. The molecule has 15 heteroatoms. The van der Waals surface area contributed by atoms with Crippen LogP contribution in [0, 0.1) is 6.92 Å². The van der Waals surface area contributed by atoms with Crippen LogP contribution in [0.15, 0.2) is 164 Å². The van der Waals surface area contributed by atoms with E-state index in [2.05, 4.69) is 99.1 Å². The Morgan fingerprint density at radius 3 is 1.66 bits per heavy atom. The highest BCUT2D eigenvalue weighted by molar-refractivity contribution is 7.18. The quantitative estimate of drug-likeness (QED) is 0.139. The van der Waals surface area contributed by atoms with Gasteiger partial charge in [0, 0.05) is 68.3 Å². The third-order valence-electron chi connectivity index (χ3n) is 11.4. The van der Waals surface area contributed by atoms with Gasteiger partial charge in [0.15, 0.2) is 5.01 Å². The second-order valence-electron chi connectivity index (χ2n) is 15.7. The minimum Gasteiger partial charge on any atom is -0.256 e. The van der Waals surface area contributed by atoms with Gasteiger partial charge in [-0.15, -0.1) is 30.6 Å². The summed E-state index contributed by atoms with van der Waals surface area (Å²) >= 11 is 17.5. The standard InChI is InChI=1S/C52H30Cl2N10S3/c1-29-16-18-30(19-17-29)47-58-63-52(65-47)42-21-32(34-23-40-37(12-7-15-45(40)55-26-34)49-60-62-51(67-49)39-11-3-5-14-44(39)54)24-46-41(42)22-33(25-56-46)31-8-6-9-36(20-31)64-28-35(27-57-64)48-59-61-50(66-48)38-10-2-4-13-43(38)53/h2-28H,1H3. The molecule has 320 valence electrons. The third-order valence-corrected chi connectivity index (χ3v) is 15.0. The molecule has 0 N–H and O–H groups in total. The molecule has 0 aliphatic rings. The van der Waals surface area contributed by atoms with E-state index < -0.39 is 0 Å². The van der Waals surface area contributed by atoms with Crippen molar-refractivity contribution < 1.29 is 0 Å². The number of rotatable bonds is 9. The Morgan fingerprint density at radius 1 is 0.403 bits per heavy atom. The second-order valence-corrected chi connectivity index (χ2v) is 19.4. The molecule has 6 aromatic heterocycles. The first kappa shape index (κ1) is 41.1. The van der Waals surface area contributed by atoms with Gasteiger partial charge in [-0.1, -0.05) is 148 Å². The van der Waals surface area contributed by atoms with Crippen molar-refractivity contribution in [2.24, 2.45) is 0 Å². The lowest BCUT2D eigenvalue weighted by Gasteiger charge is -2.12. The molecule has 67 heavy (non-hydrogen) atoms. The average molecular weight is 962 g/mol. The second kappa shape index (κ2) is 17.1. The fraction of sp³-hybridized carbons (Fsp3) is 0.0192. The highest BCUT2D eigenvalue weighted by Gasteiger charge is 2.19. The van der Waals surface area contributed by atoms with Crippen molar-refractivity contribution in [1.82, 2.24) is 50.3 Å². The van der Waals surface area contributed by atoms with Crippen molar-refractivity contribution in [1.29, 1.82) is 0 Å². The molecule has 12 aromatic rings. The van der Waals surface area contributed by atoms with Crippen LogP contribution < -0.4 is 0 Å². The van der Waals surface area contributed by atoms with E-state index in [-0.39, 0.29) is 0 Å². The van der Waals surface area contributed by atoms with Crippen LogP contribution in [-0.2, 0) is 0 Å². The van der Waals surface area contributed by atoms with Gasteiger partial charge >= 0.3 is 0 Å². The average Bonchev–Trinajstić information content (AvgIpc) is 4.22. The summed E-state index contributed by atoms with van der Waals surface area (Å²) in [6.07, 6.45) is 7.60. The molecular formula is C52H30Cl2N10S3. The van der Waals surface area contributed by atoms with Crippen molar-refractivity contribution in [2.45, 2.75) is 6.92 Å². The molecule has 0 aliphatic carbocycles. The number of hydrogen-bond acceptors (Lipinski definition) is 12. The monoisotopic (exact) mass is 960 g/mol. The zero-order valence-corrected chi connectivity index (χ0v) is 39.0. The predicted molar refractivity (Wildman–Crippen MR) is 273 cm³/mol. The van der Waals surface area contributed by atoms with Gasteiger partial charge in [0.05, 0.1) is 38.5 Å². The minimum atomic E-state index is 0.633. The summed E-state index contributed by atoms with van der Waals surface area (Å²) in [5.74, 6) is 0. The van der Waals surface area contributed by atoms with Crippen LogP contribution in [0.3, 0.4) is 0 Å². The molecule has 0 aliphatic heterocycles. The van der Waals surface area contributed by atoms with Crippen LogP contribution in [-0.4, -0.2) is 50.3 Å². The Labute approximate surface area is 404 Å². The van der Waals surface area contributed by atoms with Gasteiger partial charge < -0.3 is 0 Å². The van der Waals surface area contributed by atoms with Gasteiger partial charge in [-0.2, -0.15) is 5.10 Å². The maximum absolute atomic E-state index is 6.55. The normalized spacial score (nSPS) is 11.5. The number of benzene rings is 6. The van der Waals surface area contributed by atoms with E-state index in [9.17, 15) is 0 Å². The lowest BCUT2D eigenvalue weighted by molar-refractivity contribution is 0.881. The van der Waals surface area contributed by atoms with Crippen molar-refractivity contribution in [3.8, 4) is 91.4 Å². The van der Waals surface area contributed by atoms with E-state index in [1.54, 1.807) is 17.5 Å². The van der Waals surface area contributed by atoms with Crippen LogP contribution in [0.1, 0.15) is 5.56 Å². The zero-order valence-electron chi connectivity index (χ0n) is 35.0. The number of fused-ring (bicyclic) bond motifs is 2. The summed E-state index contributed by atoms with van der Waals surface area (Å²) in [7, 11) is 0. The molecule has 0 spiro atoms. The van der Waals surface area contributed by atoms with Gasteiger partial charge in [-0.05, 0) is 72.6 Å². The van der Waals surface area contributed by atoms with E-state index in [1.807, 2.05) is 96.1 Å². The minimum absolute atomic E-state index is 0.633. The number of aryl methyl sites for hydroxylation is 1. The van der Waals surface area contributed by atoms with Gasteiger partial charge in [0.1, 0.15) is 25.0 Å². The first-order valence-corrected chi connectivity index (χ1v) is 24.2. The lowest BCUT2D eigenvalue weighted by atomic mass is 9.96. The Bertz CT molecular complexity index is 3840. The fourth-order valence-corrected chi connectivity index (χ4v) is 11.2. The summed E-state index contributed by atoms with van der Waals surface area (Å²) < 4.78 is 1.85. The van der Waals surface area contributed by atoms with Crippen molar-refractivity contribution in [3.63, 3.8) is 0 Å². The van der Waals surface area contributed by atoms with Crippen molar-refractivity contribution >= 4 is 79.0 Å². The first-order chi connectivity index (χ1) is 32.9. The van der Waals surface area contributed by atoms with E-state index in [0.29, 0.717) is 10.0 Å². The zero-order chi connectivity index (χ0) is 45.0. The molecule has 0 saturated carbocycles. The van der Waals surface area contributed by atoms with E-state index in [4.69, 9.17) is 43.4 Å². The molecule has 0 atom stereocenters. The predicted octanol–water partition coefficient (Wildman–Crippen LogP) is 14.5. The molecule has 0 fully saturated rings. The molecule has 0 unspecified atom stereocenters. The third kappa shape index (κ3) is 7.86. The van der Waals surface area contributed by atoms with Crippen LogP contribution in [0.2, 0.25) is 10.0 Å². The summed E-state index contributed by atoms with van der Waals surface area (Å²) in [6, 6.07) is 46.6. The number of hydrogen-bond donors (Lipinski definition) is 0. The molecule has 0 radical (unpaired) electrons. The molecular weight excluding hydrogens is 932 g/mol. The molecule has 0 saturated heterocycles. The molecule has 0 amide bonds. The van der Waals surface area contributed by atoms with E-state index in [0.717, 1.165) is 113 Å². The molecule has 12 rings (SSSR count). The smallest absolute Gasteiger partial charge is 0.151 e. The highest BCUT2D eigenvalue weighted by Crippen LogP contribution is 2.41. The van der Waals surface area contributed by atoms with Gasteiger partial charge in [0.2, 0.25) is 0 Å². The van der Waals surface area contributed by atoms with Crippen molar-refractivity contribution in [2.75, 3.05) is 0 Å². The van der Waals surface area contributed by atoms with Gasteiger partial charge in [0.25, 0.3) is 0 Å². The number of nitrogens with zero attached hydrogens (tertiary/aromatic N) is 10. The topological polar surface area (TPSA) is 121 Å². The fourth-order valence-electron chi connectivity index (χ4n) is 7.93. The number of aromatic nitrogens is 10. The lowest BCUT2D eigenvalue weighted by Crippen LogP contribution is -1.95. The largest absolute Gasteiger partial charge is 0.256 e. The Hall–Kier alpha value is -7.39. The Kier molecular flexibility index (Phi) is 10.5.